The smallest absolute Gasteiger partial charge is 0.263 e. The number of para-hydroxylation sites is 2. The fraction of sp³-hybridized carbons (Fsp3) is 0.222. The first kappa shape index (κ1) is 16.4. The highest BCUT2D eigenvalue weighted by Crippen LogP contribution is 2.33. The summed E-state index contributed by atoms with van der Waals surface area (Å²) in [5.74, 6) is 0.515. The first-order chi connectivity index (χ1) is 12.1. The number of hydrogen-bond acceptors (Lipinski definition) is 5. The Morgan fingerprint density at radius 3 is 2.76 bits per heavy atom. The molecule has 0 aliphatic carbocycles. The maximum Gasteiger partial charge on any atom is 0.263 e. The Kier molecular flexibility index (Phi) is 4.37. The second kappa shape index (κ2) is 6.67. The highest BCUT2D eigenvalue weighted by molar-refractivity contribution is 7.93. The normalized spacial score (nSPS) is 17.7. The second-order valence-corrected chi connectivity index (χ2v) is 8.36. The molecule has 25 heavy (non-hydrogen) atoms. The predicted octanol–water partition coefficient (Wildman–Crippen LogP) is 3.87. The van der Waals surface area contributed by atoms with Gasteiger partial charge in [-0.1, -0.05) is 30.3 Å². The van der Waals surface area contributed by atoms with Crippen LogP contribution in [0.1, 0.15) is 6.42 Å². The van der Waals surface area contributed by atoms with Crippen LogP contribution < -0.4 is 9.46 Å². The van der Waals surface area contributed by atoms with Gasteiger partial charge in [0, 0.05) is 21.9 Å². The molecule has 130 valence electrons. The summed E-state index contributed by atoms with van der Waals surface area (Å²) in [5.41, 5.74) is 0.435. The molecular weight excluding hydrogens is 358 g/mol. The van der Waals surface area contributed by atoms with Gasteiger partial charge in [0.1, 0.15) is 16.7 Å². The molecule has 0 amide bonds. The van der Waals surface area contributed by atoms with Crippen LogP contribution in [0.4, 0.5) is 5.69 Å². The third-order valence-corrected chi connectivity index (χ3v) is 6.57. The SMILES string of the molecule is O=S(=O)(Nc1ccccc1OC1CCOC1)c1csc2ccccc12. The van der Waals surface area contributed by atoms with Gasteiger partial charge in [-0.3, -0.25) is 4.72 Å². The number of rotatable bonds is 5. The molecule has 3 aromatic rings. The van der Waals surface area contributed by atoms with Crippen LogP contribution in [0.2, 0.25) is 0 Å². The minimum absolute atomic E-state index is 0.0485. The Balaban J connectivity index is 1.65. The summed E-state index contributed by atoms with van der Waals surface area (Å²) in [6.45, 7) is 1.19. The van der Waals surface area contributed by atoms with Crippen molar-refractivity contribution in [2.45, 2.75) is 17.4 Å². The topological polar surface area (TPSA) is 64.6 Å². The summed E-state index contributed by atoms with van der Waals surface area (Å²) < 4.78 is 40.6. The van der Waals surface area contributed by atoms with Gasteiger partial charge in [0.25, 0.3) is 10.0 Å². The number of nitrogens with one attached hydrogen (secondary N) is 1. The fourth-order valence-electron chi connectivity index (χ4n) is 2.80. The first-order valence-corrected chi connectivity index (χ1v) is 10.3. The summed E-state index contributed by atoms with van der Waals surface area (Å²) >= 11 is 1.41. The van der Waals surface area contributed by atoms with E-state index >= 15 is 0 Å². The molecule has 0 spiro atoms. The molecule has 0 bridgehead atoms. The third kappa shape index (κ3) is 3.35. The maximum absolute atomic E-state index is 12.9. The van der Waals surface area contributed by atoms with E-state index in [0.717, 1.165) is 16.5 Å². The lowest BCUT2D eigenvalue weighted by atomic mass is 10.3. The van der Waals surface area contributed by atoms with E-state index in [-0.39, 0.29) is 11.0 Å². The van der Waals surface area contributed by atoms with E-state index in [0.29, 0.717) is 24.7 Å². The molecule has 1 unspecified atom stereocenters. The van der Waals surface area contributed by atoms with Crippen LogP contribution in [0.5, 0.6) is 5.75 Å². The second-order valence-electron chi connectivity index (χ2n) is 5.80. The number of anilines is 1. The van der Waals surface area contributed by atoms with E-state index in [9.17, 15) is 8.42 Å². The zero-order valence-corrected chi connectivity index (χ0v) is 15.0. The molecule has 1 fully saturated rings. The van der Waals surface area contributed by atoms with E-state index in [1.807, 2.05) is 30.3 Å². The highest BCUT2D eigenvalue weighted by Gasteiger charge is 2.23. The third-order valence-electron chi connectivity index (χ3n) is 4.05. The van der Waals surface area contributed by atoms with Gasteiger partial charge in [-0.15, -0.1) is 11.3 Å². The van der Waals surface area contributed by atoms with Crippen LogP contribution in [0.3, 0.4) is 0 Å². The highest BCUT2D eigenvalue weighted by atomic mass is 32.2. The van der Waals surface area contributed by atoms with Crippen molar-refractivity contribution < 1.29 is 17.9 Å². The van der Waals surface area contributed by atoms with Crippen molar-refractivity contribution in [1.29, 1.82) is 0 Å². The van der Waals surface area contributed by atoms with Crippen molar-refractivity contribution in [2.75, 3.05) is 17.9 Å². The molecule has 1 N–H and O–H groups in total. The quantitative estimate of drug-likeness (QED) is 0.735. The molecular formula is C18H17NO4S2. The van der Waals surface area contributed by atoms with Gasteiger partial charge < -0.3 is 9.47 Å². The van der Waals surface area contributed by atoms with Crippen LogP contribution in [-0.2, 0) is 14.8 Å². The summed E-state index contributed by atoms with van der Waals surface area (Å²) in [6.07, 6.45) is 0.753. The van der Waals surface area contributed by atoms with Gasteiger partial charge in [0.05, 0.1) is 18.9 Å². The summed E-state index contributed by atoms with van der Waals surface area (Å²) in [5, 5.41) is 2.39. The molecule has 1 aliphatic heterocycles. The Morgan fingerprint density at radius 1 is 1.12 bits per heavy atom. The first-order valence-electron chi connectivity index (χ1n) is 7.96. The molecule has 5 nitrogen and oxygen atoms in total. The van der Waals surface area contributed by atoms with Crippen molar-refractivity contribution in [2.24, 2.45) is 0 Å². The lowest BCUT2D eigenvalue weighted by Gasteiger charge is -2.16. The van der Waals surface area contributed by atoms with Gasteiger partial charge in [-0.2, -0.15) is 0 Å². The lowest BCUT2D eigenvalue weighted by Crippen LogP contribution is -2.18. The zero-order chi connectivity index (χ0) is 17.3. The molecule has 7 heteroatoms. The van der Waals surface area contributed by atoms with E-state index in [1.165, 1.54) is 11.3 Å². The van der Waals surface area contributed by atoms with E-state index in [2.05, 4.69) is 4.72 Å². The zero-order valence-electron chi connectivity index (χ0n) is 13.3. The van der Waals surface area contributed by atoms with Gasteiger partial charge in [0.2, 0.25) is 0 Å². The van der Waals surface area contributed by atoms with Gasteiger partial charge in [-0.25, -0.2) is 8.42 Å². The number of sulfonamides is 1. The number of hydrogen-bond donors (Lipinski definition) is 1. The van der Waals surface area contributed by atoms with E-state index in [1.54, 1.807) is 23.6 Å². The minimum Gasteiger partial charge on any atom is -0.486 e. The van der Waals surface area contributed by atoms with Crippen LogP contribution >= 0.6 is 11.3 Å². The maximum atomic E-state index is 12.9. The summed E-state index contributed by atoms with van der Waals surface area (Å²) in [7, 11) is -3.70. The van der Waals surface area contributed by atoms with Crippen LogP contribution in [-0.4, -0.2) is 27.7 Å². The Bertz CT molecular complexity index is 991. The summed E-state index contributed by atoms with van der Waals surface area (Å²) in [4.78, 5) is 0.284. The molecule has 1 atom stereocenters. The number of thiophene rings is 1. The van der Waals surface area contributed by atoms with Gasteiger partial charge >= 0.3 is 0 Å². The monoisotopic (exact) mass is 375 g/mol. The minimum atomic E-state index is -3.70. The van der Waals surface area contributed by atoms with Crippen molar-refractivity contribution in [1.82, 2.24) is 0 Å². The number of ether oxygens (including phenoxy) is 2. The van der Waals surface area contributed by atoms with E-state index in [4.69, 9.17) is 9.47 Å². The number of fused-ring (bicyclic) bond motifs is 1. The molecule has 0 radical (unpaired) electrons. The largest absolute Gasteiger partial charge is 0.486 e. The average Bonchev–Trinajstić information content (AvgIpc) is 3.26. The van der Waals surface area contributed by atoms with Crippen molar-refractivity contribution >= 4 is 37.1 Å². The molecule has 1 saturated heterocycles. The molecule has 2 aromatic carbocycles. The standard InChI is InChI=1S/C18H17NO4S2/c20-25(21,18-12-24-17-8-4-1-5-14(17)18)19-15-6-2-3-7-16(15)23-13-9-10-22-11-13/h1-8,12-13,19H,9-11H2. The fourth-order valence-corrected chi connectivity index (χ4v) is 5.37. The Hall–Kier alpha value is -2.09. The molecule has 0 saturated carbocycles. The van der Waals surface area contributed by atoms with Crippen LogP contribution in [0, 0.1) is 0 Å². The van der Waals surface area contributed by atoms with Gasteiger partial charge in [0.15, 0.2) is 0 Å². The Labute approximate surface area is 150 Å². The lowest BCUT2D eigenvalue weighted by molar-refractivity contribution is 0.142. The number of benzene rings is 2. The molecule has 1 aromatic heterocycles. The average molecular weight is 375 g/mol. The predicted molar refractivity (Wildman–Crippen MR) is 98.9 cm³/mol. The van der Waals surface area contributed by atoms with Gasteiger partial charge in [-0.05, 0) is 18.2 Å². The van der Waals surface area contributed by atoms with Crippen LogP contribution in [0.25, 0.3) is 10.1 Å². The summed E-state index contributed by atoms with van der Waals surface area (Å²) in [6, 6.07) is 14.5. The van der Waals surface area contributed by atoms with E-state index < -0.39 is 10.0 Å². The molecule has 2 heterocycles. The molecule has 1 aliphatic rings. The van der Waals surface area contributed by atoms with Crippen molar-refractivity contribution in [3.8, 4) is 5.75 Å². The molecule has 4 rings (SSSR count). The van der Waals surface area contributed by atoms with Crippen molar-refractivity contribution in [3.05, 3.63) is 53.9 Å². The Morgan fingerprint density at radius 2 is 1.92 bits per heavy atom. The van der Waals surface area contributed by atoms with Crippen LogP contribution in [0.15, 0.2) is 58.8 Å². The van der Waals surface area contributed by atoms with Crippen molar-refractivity contribution in [3.63, 3.8) is 0 Å².